The number of anilines is 1. The van der Waals surface area contributed by atoms with Gasteiger partial charge in [-0.1, -0.05) is 0 Å². The molecule has 0 spiro atoms. The number of rotatable bonds is 2. The first kappa shape index (κ1) is 25.8. The zero-order valence-corrected chi connectivity index (χ0v) is 16.6. The standard InChI is InChI=1S/C11H13NO3.3ClH.2H2O.Sn/c1-14-9-5-7-6(3-4-8(7)13)10(12)11(9)15-2;;;;;;/h5H,3-4,12H2,1-2H3;3*1H;2*1H2;/q;;;;;;+2/p-2. The number of hydrogen-bond donors (Lipinski definition) is 1. The molecule has 0 unspecified atom stereocenters. The van der Waals surface area contributed by atoms with Gasteiger partial charge in [0.1, 0.15) is 0 Å². The molecule has 2 radical (unpaired) electrons. The fourth-order valence-electron chi connectivity index (χ4n) is 1.95. The van der Waals surface area contributed by atoms with Crippen LogP contribution in [0.15, 0.2) is 6.07 Å². The van der Waals surface area contributed by atoms with Gasteiger partial charge in [-0.05, 0) is 18.1 Å². The van der Waals surface area contributed by atoms with Crippen LogP contribution >= 0.6 is 30.2 Å². The molecule has 0 heterocycles. The number of carbonyl (C=O) groups excluding carboxylic acids is 1. The molecule has 1 aromatic carbocycles. The topological polar surface area (TPSA) is 125 Å². The number of carbonyl (C=O) groups is 1. The Morgan fingerprint density at radius 2 is 1.71 bits per heavy atom. The van der Waals surface area contributed by atoms with Crippen molar-refractivity contribution in [1.29, 1.82) is 0 Å². The Morgan fingerprint density at radius 1 is 1.19 bits per heavy atom. The molecular weight excluding hydrogens is 451 g/mol. The van der Waals surface area contributed by atoms with E-state index in [4.69, 9.17) is 33.0 Å². The predicted molar refractivity (Wildman–Crippen MR) is 88.5 cm³/mol. The molecule has 6 nitrogen and oxygen atoms in total. The first-order valence-electron chi connectivity index (χ1n) is 5.13. The minimum atomic E-state index is -0.826. The summed E-state index contributed by atoms with van der Waals surface area (Å²) in [6.45, 7) is 0. The average Bonchev–Trinajstić information content (AvgIpc) is 2.72. The van der Waals surface area contributed by atoms with E-state index in [1.165, 1.54) is 14.2 Å². The van der Waals surface area contributed by atoms with Gasteiger partial charge in [0.15, 0.2) is 17.3 Å². The third-order valence-electron chi connectivity index (χ3n) is 2.72. The first-order valence-corrected chi connectivity index (χ1v) is 12.4. The summed E-state index contributed by atoms with van der Waals surface area (Å²) < 4.78 is 10.3. The Hall–Kier alpha value is -0.121. The number of Topliss-reactive ketones (excluding diaryl/α,β-unsaturated/α-hetero) is 1. The predicted octanol–water partition coefficient (Wildman–Crippen LogP) is 1.19. The van der Waals surface area contributed by atoms with Crippen molar-refractivity contribution < 1.29 is 25.2 Å². The third kappa shape index (κ3) is 5.88. The van der Waals surface area contributed by atoms with Gasteiger partial charge in [0.25, 0.3) is 0 Å². The van der Waals surface area contributed by atoms with Crippen LogP contribution in [0.5, 0.6) is 11.5 Å². The molecule has 0 fully saturated rings. The number of ether oxygens (including phenoxy) is 2. The van der Waals surface area contributed by atoms with E-state index in [1.54, 1.807) is 6.07 Å². The van der Waals surface area contributed by atoms with Gasteiger partial charge in [-0.25, -0.2) is 0 Å². The number of hydrogen-bond acceptors (Lipinski definition) is 4. The van der Waals surface area contributed by atoms with Gasteiger partial charge in [0, 0.05) is 12.0 Å². The van der Waals surface area contributed by atoms with Crippen molar-refractivity contribution in [1.82, 2.24) is 0 Å². The van der Waals surface area contributed by atoms with Gasteiger partial charge >= 0.3 is 36.7 Å². The van der Waals surface area contributed by atoms with E-state index < -0.39 is 18.9 Å². The second-order valence-corrected chi connectivity index (χ2v) is 7.79. The fraction of sp³-hybridized carbons (Fsp3) is 0.364. The Balaban J connectivity index is -0.000000500. The van der Waals surface area contributed by atoms with Crippen molar-refractivity contribution in [2.24, 2.45) is 0 Å². The number of methoxy groups -OCH3 is 2. The Morgan fingerprint density at radius 3 is 2.14 bits per heavy atom. The van der Waals surface area contributed by atoms with Crippen LogP contribution in [-0.4, -0.2) is 49.8 Å². The van der Waals surface area contributed by atoms with Crippen molar-refractivity contribution >= 4 is 60.6 Å². The monoisotopic (exact) mass is 469 g/mol. The minimum absolute atomic E-state index is 0. The summed E-state index contributed by atoms with van der Waals surface area (Å²) in [4.78, 5) is 11.5. The molecule has 2 rings (SSSR count). The Kier molecular flexibility index (Phi) is 15.3. The van der Waals surface area contributed by atoms with Gasteiger partial charge in [0.05, 0.1) is 19.9 Å². The van der Waals surface area contributed by atoms with E-state index in [0.29, 0.717) is 35.6 Å². The van der Waals surface area contributed by atoms with Crippen LogP contribution in [0.3, 0.4) is 0 Å². The van der Waals surface area contributed by atoms with E-state index in [9.17, 15) is 4.79 Å². The summed E-state index contributed by atoms with van der Waals surface area (Å²) in [7, 11) is 12.9. The summed E-state index contributed by atoms with van der Waals surface area (Å²) in [5, 5.41) is 0. The molecule has 10 heteroatoms. The van der Waals surface area contributed by atoms with Gasteiger partial charge in [-0.3, -0.25) is 4.79 Å². The molecule has 122 valence electrons. The zero-order chi connectivity index (χ0) is 13.7. The first-order chi connectivity index (χ1) is 8.60. The summed E-state index contributed by atoms with van der Waals surface area (Å²) in [5.41, 5.74) is 8.01. The molecular formula is C11H18Cl3NO5Sn. The zero-order valence-electron chi connectivity index (χ0n) is 11.5. The van der Waals surface area contributed by atoms with Crippen molar-refractivity contribution in [2.75, 3.05) is 20.0 Å². The third-order valence-corrected chi connectivity index (χ3v) is 2.72. The van der Waals surface area contributed by atoms with Crippen LogP contribution in [0.25, 0.3) is 0 Å². The maximum absolute atomic E-state index is 11.5. The summed E-state index contributed by atoms with van der Waals surface area (Å²) in [5.74, 6) is 1.16. The SMILES string of the molecule is COc1cc2c(c(N)c1OC)CCC2=O.Cl.O.O.[Cl][Sn][Cl]. The Labute approximate surface area is 146 Å². The van der Waals surface area contributed by atoms with E-state index in [0.717, 1.165) is 5.56 Å². The van der Waals surface area contributed by atoms with Gasteiger partial charge < -0.3 is 26.2 Å². The van der Waals surface area contributed by atoms with E-state index >= 15 is 0 Å². The quantitative estimate of drug-likeness (QED) is 0.516. The summed E-state index contributed by atoms with van der Waals surface area (Å²) in [6.07, 6.45) is 1.22. The molecule has 0 aliphatic heterocycles. The van der Waals surface area contributed by atoms with Crippen LogP contribution in [0, 0.1) is 0 Å². The van der Waals surface area contributed by atoms with Crippen LogP contribution in [0.2, 0.25) is 0 Å². The van der Waals surface area contributed by atoms with Crippen molar-refractivity contribution in [3.05, 3.63) is 17.2 Å². The molecule has 0 saturated carbocycles. The summed E-state index contributed by atoms with van der Waals surface area (Å²) >= 11 is -0.826. The van der Waals surface area contributed by atoms with Crippen LogP contribution in [-0.2, 0) is 6.42 Å². The van der Waals surface area contributed by atoms with E-state index in [-0.39, 0.29) is 29.1 Å². The molecule has 0 bridgehead atoms. The van der Waals surface area contributed by atoms with E-state index in [1.807, 2.05) is 0 Å². The number of halogens is 3. The van der Waals surface area contributed by atoms with Gasteiger partial charge in [-0.2, -0.15) is 0 Å². The van der Waals surface area contributed by atoms with E-state index in [2.05, 4.69) is 0 Å². The molecule has 0 aromatic heterocycles. The molecule has 0 atom stereocenters. The summed E-state index contributed by atoms with van der Waals surface area (Å²) in [6, 6.07) is 1.71. The number of ketones is 1. The second-order valence-electron chi connectivity index (χ2n) is 3.55. The van der Waals surface area contributed by atoms with Crippen molar-refractivity contribution in [3.8, 4) is 11.5 Å². The Bertz CT molecular complexity index is 462. The number of benzene rings is 1. The average molecular weight is 469 g/mol. The number of nitrogens with two attached hydrogens (primary N) is 1. The molecule has 1 aliphatic rings. The molecule has 0 saturated heterocycles. The maximum atomic E-state index is 11.5. The molecule has 0 amide bonds. The van der Waals surface area contributed by atoms with Crippen LogP contribution in [0.1, 0.15) is 22.3 Å². The molecule has 6 N–H and O–H groups in total. The van der Waals surface area contributed by atoms with Crippen molar-refractivity contribution in [2.45, 2.75) is 12.8 Å². The second kappa shape index (κ2) is 12.4. The number of fused-ring (bicyclic) bond motifs is 1. The molecule has 1 aliphatic carbocycles. The molecule has 1 aromatic rings. The normalized spacial score (nSPS) is 10.8. The fourth-order valence-corrected chi connectivity index (χ4v) is 1.95. The van der Waals surface area contributed by atoms with Gasteiger partial charge in [-0.15, -0.1) is 12.4 Å². The van der Waals surface area contributed by atoms with Crippen LogP contribution in [0.4, 0.5) is 5.69 Å². The van der Waals surface area contributed by atoms with Gasteiger partial charge in [0.2, 0.25) is 0 Å². The molecule has 21 heavy (non-hydrogen) atoms. The number of nitrogen functional groups attached to an aromatic ring is 1. The van der Waals surface area contributed by atoms with Crippen LogP contribution < -0.4 is 15.2 Å². The van der Waals surface area contributed by atoms with Crippen molar-refractivity contribution in [3.63, 3.8) is 0 Å².